The van der Waals surface area contributed by atoms with Crippen molar-refractivity contribution in [3.05, 3.63) is 57.8 Å². The topological polar surface area (TPSA) is 97.9 Å². The zero-order chi connectivity index (χ0) is 18.9. The lowest BCUT2D eigenvalue weighted by atomic mass is 10.1. The zero-order valence-corrected chi connectivity index (χ0v) is 15.5. The highest BCUT2D eigenvalue weighted by Crippen LogP contribution is 2.25. The van der Waals surface area contributed by atoms with Gasteiger partial charge in [-0.1, -0.05) is 6.07 Å². The Labute approximate surface area is 152 Å². The standard InChI is InChI=1S/C17H20N4O4S/c1-13-5-6-15(12-14(13)2)26(24,25)20-10-8-19(9-11-20)17-16(21(22)23)4-3-7-18-17/h3-7,12H,8-11H2,1-2H3/p+1. The van der Waals surface area contributed by atoms with Gasteiger partial charge in [-0.3, -0.25) is 15.0 Å². The van der Waals surface area contributed by atoms with E-state index in [1.165, 1.54) is 10.4 Å². The molecule has 1 aromatic carbocycles. The summed E-state index contributed by atoms with van der Waals surface area (Å²) in [5.41, 5.74) is 1.96. The minimum absolute atomic E-state index is 0.0158. The quantitative estimate of drug-likeness (QED) is 0.594. The first kappa shape index (κ1) is 18.3. The Morgan fingerprint density at radius 3 is 2.38 bits per heavy atom. The van der Waals surface area contributed by atoms with E-state index in [1.54, 1.807) is 30.5 Å². The van der Waals surface area contributed by atoms with E-state index in [1.807, 2.05) is 18.7 Å². The molecule has 0 bridgehead atoms. The van der Waals surface area contributed by atoms with E-state index in [4.69, 9.17) is 0 Å². The second-order valence-corrected chi connectivity index (χ2v) is 8.24. The number of sulfonamides is 1. The predicted octanol–water partition coefficient (Wildman–Crippen LogP) is 1.54. The van der Waals surface area contributed by atoms with E-state index < -0.39 is 14.9 Å². The number of H-pyrrole nitrogens is 1. The molecule has 1 aromatic heterocycles. The third kappa shape index (κ3) is 3.40. The summed E-state index contributed by atoms with van der Waals surface area (Å²) in [6.07, 6.45) is 1.63. The van der Waals surface area contributed by atoms with Gasteiger partial charge in [0.2, 0.25) is 10.0 Å². The van der Waals surface area contributed by atoms with Gasteiger partial charge in [0, 0.05) is 6.07 Å². The predicted molar refractivity (Wildman–Crippen MR) is 96.5 cm³/mol. The van der Waals surface area contributed by atoms with E-state index in [2.05, 4.69) is 4.98 Å². The summed E-state index contributed by atoms with van der Waals surface area (Å²) in [6.45, 7) is 5.13. The maximum absolute atomic E-state index is 12.9. The van der Waals surface area contributed by atoms with Gasteiger partial charge in [-0.15, -0.1) is 0 Å². The lowest BCUT2D eigenvalue weighted by molar-refractivity contribution is -0.411. The fraction of sp³-hybridized carbons (Fsp3) is 0.353. The number of hydrogen-bond acceptors (Lipinski definition) is 5. The molecule has 8 nitrogen and oxygen atoms in total. The van der Waals surface area contributed by atoms with Gasteiger partial charge in [0.25, 0.3) is 0 Å². The van der Waals surface area contributed by atoms with Gasteiger partial charge >= 0.3 is 11.5 Å². The van der Waals surface area contributed by atoms with Crippen molar-refractivity contribution in [3.63, 3.8) is 0 Å². The highest BCUT2D eigenvalue weighted by Gasteiger charge is 2.35. The molecule has 1 aliphatic heterocycles. The number of aryl methyl sites for hydroxylation is 2. The first-order valence-electron chi connectivity index (χ1n) is 8.28. The molecule has 0 amide bonds. The molecule has 1 fully saturated rings. The molecule has 0 aliphatic carbocycles. The Morgan fingerprint density at radius 1 is 1.08 bits per heavy atom. The number of rotatable bonds is 4. The average Bonchev–Trinajstić information content (AvgIpc) is 2.64. The molecule has 0 saturated carbocycles. The van der Waals surface area contributed by atoms with Gasteiger partial charge in [-0.2, -0.15) is 4.31 Å². The van der Waals surface area contributed by atoms with E-state index in [0.717, 1.165) is 11.1 Å². The van der Waals surface area contributed by atoms with Gasteiger partial charge in [0.05, 0.1) is 42.2 Å². The number of piperazine rings is 1. The van der Waals surface area contributed by atoms with Crippen molar-refractivity contribution < 1.29 is 18.3 Å². The molecule has 2 aromatic rings. The Balaban J connectivity index is 1.78. The van der Waals surface area contributed by atoms with Crippen LogP contribution in [0, 0.1) is 24.0 Å². The van der Waals surface area contributed by atoms with Crippen molar-refractivity contribution in [2.45, 2.75) is 18.7 Å². The van der Waals surface area contributed by atoms with Crippen LogP contribution in [0.15, 0.2) is 41.4 Å². The molecule has 26 heavy (non-hydrogen) atoms. The number of nitrogens with zero attached hydrogens (tertiary/aromatic N) is 3. The number of nitrogens with one attached hydrogen (secondary N) is 1. The summed E-state index contributed by atoms with van der Waals surface area (Å²) in [6, 6.07) is 8.12. The second kappa shape index (κ2) is 7.00. The summed E-state index contributed by atoms with van der Waals surface area (Å²) in [4.78, 5) is 15.7. The molecule has 1 N–H and O–H groups in total. The van der Waals surface area contributed by atoms with E-state index in [-0.39, 0.29) is 23.7 Å². The van der Waals surface area contributed by atoms with Crippen LogP contribution in [0.1, 0.15) is 11.1 Å². The van der Waals surface area contributed by atoms with Crippen LogP contribution in [0.2, 0.25) is 0 Å². The number of benzene rings is 1. The summed E-state index contributed by atoms with van der Waals surface area (Å²) < 4.78 is 27.2. The second-order valence-electron chi connectivity index (χ2n) is 6.30. The Morgan fingerprint density at radius 2 is 1.77 bits per heavy atom. The molecule has 0 radical (unpaired) electrons. The molecule has 3 rings (SSSR count). The first-order chi connectivity index (χ1) is 12.3. The van der Waals surface area contributed by atoms with Crippen LogP contribution in [0.3, 0.4) is 0 Å². The Hall–Kier alpha value is -2.52. The Kier molecular flexibility index (Phi) is 4.92. The maximum atomic E-state index is 12.9. The molecule has 1 aliphatic rings. The van der Waals surface area contributed by atoms with Gasteiger partial charge < -0.3 is 0 Å². The minimum Gasteiger partial charge on any atom is -0.258 e. The molecule has 0 atom stereocenters. The molecule has 9 heteroatoms. The van der Waals surface area contributed by atoms with Crippen LogP contribution in [0.5, 0.6) is 0 Å². The van der Waals surface area contributed by atoms with Crippen molar-refractivity contribution in [1.29, 1.82) is 0 Å². The van der Waals surface area contributed by atoms with Crippen molar-refractivity contribution in [3.8, 4) is 0 Å². The molecular formula is C17H21N4O4S+. The van der Waals surface area contributed by atoms with Crippen molar-refractivity contribution in [2.24, 2.45) is 0 Å². The van der Waals surface area contributed by atoms with Crippen LogP contribution in [-0.2, 0) is 10.0 Å². The third-order valence-electron chi connectivity index (χ3n) is 4.68. The monoisotopic (exact) mass is 377 g/mol. The Bertz CT molecular complexity index is 938. The van der Waals surface area contributed by atoms with Crippen LogP contribution < -0.4 is 9.88 Å². The molecular weight excluding hydrogens is 356 g/mol. The van der Waals surface area contributed by atoms with Crippen molar-refractivity contribution in [1.82, 2.24) is 4.31 Å². The summed E-state index contributed by atoms with van der Waals surface area (Å²) in [5, 5.41) is 11.2. The number of nitro groups is 1. The van der Waals surface area contributed by atoms with E-state index in [0.29, 0.717) is 18.9 Å². The number of pyridine rings is 1. The van der Waals surface area contributed by atoms with Gasteiger partial charge in [-0.25, -0.2) is 13.4 Å². The lowest BCUT2D eigenvalue weighted by Crippen LogP contribution is -2.50. The molecule has 1 saturated heterocycles. The van der Waals surface area contributed by atoms with Crippen LogP contribution >= 0.6 is 0 Å². The number of hydrogen-bond donors (Lipinski definition) is 0. The summed E-state index contributed by atoms with van der Waals surface area (Å²) in [7, 11) is -3.57. The molecule has 0 unspecified atom stereocenters. The highest BCUT2D eigenvalue weighted by molar-refractivity contribution is 7.89. The SMILES string of the molecule is Cc1ccc(S(=O)(=O)N2CCN(c3[nH+]cccc3[N+](=O)[O-])CC2)cc1C. The van der Waals surface area contributed by atoms with Crippen LogP contribution in [0.4, 0.5) is 11.5 Å². The van der Waals surface area contributed by atoms with Crippen molar-refractivity contribution >= 4 is 21.5 Å². The molecule has 2 heterocycles. The zero-order valence-electron chi connectivity index (χ0n) is 14.7. The van der Waals surface area contributed by atoms with Crippen LogP contribution in [-0.4, -0.2) is 43.8 Å². The number of anilines is 1. The van der Waals surface area contributed by atoms with Crippen LogP contribution in [0.25, 0.3) is 0 Å². The fourth-order valence-electron chi connectivity index (χ4n) is 3.00. The minimum atomic E-state index is -3.57. The normalized spacial score (nSPS) is 15.8. The first-order valence-corrected chi connectivity index (χ1v) is 9.72. The highest BCUT2D eigenvalue weighted by atomic mass is 32.2. The summed E-state index contributed by atoms with van der Waals surface area (Å²) >= 11 is 0. The van der Waals surface area contributed by atoms with Gasteiger partial charge in [-0.05, 0) is 43.2 Å². The smallest absolute Gasteiger partial charge is 0.258 e. The van der Waals surface area contributed by atoms with Gasteiger partial charge in [0.1, 0.15) is 0 Å². The largest absolute Gasteiger partial charge is 0.357 e. The van der Waals surface area contributed by atoms with Gasteiger partial charge in [0.15, 0.2) is 0 Å². The lowest BCUT2D eigenvalue weighted by Gasteiger charge is -2.30. The molecule has 138 valence electrons. The molecule has 0 spiro atoms. The number of aromatic amines is 1. The van der Waals surface area contributed by atoms with E-state index in [9.17, 15) is 18.5 Å². The van der Waals surface area contributed by atoms with E-state index >= 15 is 0 Å². The fourth-order valence-corrected chi connectivity index (χ4v) is 4.50. The third-order valence-corrected chi connectivity index (χ3v) is 6.58. The maximum Gasteiger partial charge on any atom is 0.357 e. The van der Waals surface area contributed by atoms with Crippen molar-refractivity contribution in [2.75, 3.05) is 31.1 Å². The number of aromatic nitrogens is 1. The summed E-state index contributed by atoms with van der Waals surface area (Å²) in [5.74, 6) is 0.403. The average molecular weight is 377 g/mol.